The first kappa shape index (κ1) is 14.2. The van der Waals surface area contributed by atoms with Crippen molar-refractivity contribution in [2.24, 2.45) is 5.73 Å². The smallest absolute Gasteiger partial charge is 0.255 e. The van der Waals surface area contributed by atoms with Gasteiger partial charge in [0.25, 0.3) is 5.56 Å². The third kappa shape index (κ3) is 2.69. The Morgan fingerprint density at radius 2 is 2.10 bits per heavy atom. The Morgan fingerprint density at radius 1 is 1.33 bits per heavy atom. The fraction of sp³-hybridized carbons (Fsp3) is 0.312. The van der Waals surface area contributed by atoms with Crippen LogP contribution in [-0.4, -0.2) is 11.7 Å². The Bertz CT molecular complexity index is 722. The zero-order chi connectivity index (χ0) is 15.0. The van der Waals surface area contributed by atoms with E-state index in [1.165, 1.54) is 0 Å². The molecule has 2 aromatic rings. The number of hydrogen-bond acceptors (Lipinski definition) is 3. The van der Waals surface area contributed by atoms with Gasteiger partial charge in [-0.25, -0.2) is 0 Å². The van der Waals surface area contributed by atoms with E-state index in [-0.39, 0.29) is 5.56 Å². The average Bonchev–Trinajstić information content (AvgIpc) is 3.31. The van der Waals surface area contributed by atoms with E-state index in [0.717, 1.165) is 18.4 Å². The van der Waals surface area contributed by atoms with E-state index in [1.54, 1.807) is 35.9 Å². The zero-order valence-electron chi connectivity index (χ0n) is 11.8. The second-order valence-electron chi connectivity index (χ2n) is 5.27. The lowest BCUT2D eigenvalue weighted by atomic mass is 10.00. The molecule has 21 heavy (non-hydrogen) atoms. The highest BCUT2D eigenvalue weighted by molar-refractivity contribution is 6.30. The van der Waals surface area contributed by atoms with E-state index < -0.39 is 6.04 Å². The molecule has 0 aliphatic heterocycles. The fourth-order valence-electron chi connectivity index (χ4n) is 2.52. The van der Waals surface area contributed by atoms with Crippen molar-refractivity contribution in [3.8, 4) is 5.75 Å². The zero-order valence-corrected chi connectivity index (χ0v) is 12.5. The molecule has 0 saturated heterocycles. The predicted octanol–water partition coefficient (Wildman–Crippen LogP) is 2.89. The van der Waals surface area contributed by atoms with Gasteiger partial charge >= 0.3 is 0 Å². The van der Waals surface area contributed by atoms with Crippen LogP contribution in [-0.2, 0) is 0 Å². The van der Waals surface area contributed by atoms with Gasteiger partial charge in [-0.05, 0) is 37.1 Å². The van der Waals surface area contributed by atoms with Crippen molar-refractivity contribution in [2.75, 3.05) is 7.11 Å². The van der Waals surface area contributed by atoms with Crippen molar-refractivity contribution >= 4 is 11.6 Å². The Kier molecular flexibility index (Phi) is 3.74. The monoisotopic (exact) mass is 304 g/mol. The molecule has 3 rings (SSSR count). The fourth-order valence-corrected chi connectivity index (χ4v) is 2.70. The number of hydrogen-bond donors (Lipinski definition) is 1. The third-order valence-electron chi connectivity index (χ3n) is 3.81. The van der Waals surface area contributed by atoms with Gasteiger partial charge in [0, 0.05) is 28.4 Å². The van der Waals surface area contributed by atoms with Crippen LogP contribution >= 0.6 is 11.6 Å². The van der Waals surface area contributed by atoms with Gasteiger partial charge in [-0.15, -0.1) is 0 Å². The minimum absolute atomic E-state index is 0.0328. The van der Waals surface area contributed by atoms with Crippen LogP contribution in [0, 0.1) is 0 Å². The first-order valence-electron chi connectivity index (χ1n) is 6.92. The van der Waals surface area contributed by atoms with E-state index in [9.17, 15) is 4.79 Å². The maximum Gasteiger partial charge on any atom is 0.255 e. The van der Waals surface area contributed by atoms with Crippen LogP contribution in [0.2, 0.25) is 5.02 Å². The van der Waals surface area contributed by atoms with Crippen LogP contribution in [0.4, 0.5) is 0 Å². The molecule has 1 fully saturated rings. The summed E-state index contributed by atoms with van der Waals surface area (Å²) in [6.45, 7) is 0. The van der Waals surface area contributed by atoms with Crippen LogP contribution in [0.1, 0.15) is 36.1 Å². The van der Waals surface area contributed by atoms with Crippen molar-refractivity contribution in [2.45, 2.75) is 24.9 Å². The molecule has 0 radical (unpaired) electrons. The number of halogens is 1. The molecule has 1 unspecified atom stereocenters. The first-order chi connectivity index (χ1) is 10.1. The molecular weight excluding hydrogens is 288 g/mol. The third-order valence-corrected chi connectivity index (χ3v) is 4.04. The predicted molar refractivity (Wildman–Crippen MR) is 83.0 cm³/mol. The van der Waals surface area contributed by atoms with E-state index in [4.69, 9.17) is 22.1 Å². The lowest BCUT2D eigenvalue weighted by molar-refractivity contribution is 0.407. The summed E-state index contributed by atoms with van der Waals surface area (Å²) >= 11 is 6.04. The Hall–Kier alpha value is -1.78. The molecule has 1 aromatic carbocycles. The molecule has 1 aromatic heterocycles. The molecule has 1 aliphatic carbocycles. The molecule has 0 amide bonds. The Balaban J connectivity index is 2.06. The van der Waals surface area contributed by atoms with Gasteiger partial charge in [-0.1, -0.05) is 17.7 Å². The van der Waals surface area contributed by atoms with Crippen LogP contribution in [0.15, 0.2) is 41.3 Å². The number of ether oxygens (including phenoxy) is 1. The van der Waals surface area contributed by atoms with E-state index >= 15 is 0 Å². The molecule has 5 heteroatoms. The lowest BCUT2D eigenvalue weighted by Crippen LogP contribution is -2.28. The van der Waals surface area contributed by atoms with Crippen molar-refractivity contribution in [1.29, 1.82) is 0 Å². The number of aromatic nitrogens is 1. The second-order valence-corrected chi connectivity index (χ2v) is 5.71. The van der Waals surface area contributed by atoms with E-state index in [0.29, 0.717) is 22.4 Å². The average molecular weight is 305 g/mol. The number of nitrogens with zero attached hydrogens (tertiary/aromatic N) is 1. The second kappa shape index (κ2) is 5.54. The van der Waals surface area contributed by atoms with Crippen molar-refractivity contribution in [3.63, 3.8) is 0 Å². The highest BCUT2D eigenvalue weighted by Gasteiger charge is 2.26. The molecule has 1 atom stereocenters. The molecule has 1 saturated carbocycles. The number of rotatable bonds is 4. The summed E-state index contributed by atoms with van der Waals surface area (Å²) in [5.74, 6) is 0.633. The Morgan fingerprint density at radius 3 is 2.76 bits per heavy atom. The topological polar surface area (TPSA) is 57.2 Å². The van der Waals surface area contributed by atoms with Crippen molar-refractivity contribution in [3.05, 3.63) is 63.0 Å². The molecule has 0 bridgehead atoms. The van der Waals surface area contributed by atoms with Crippen LogP contribution < -0.4 is 16.0 Å². The minimum atomic E-state index is -0.558. The largest absolute Gasteiger partial charge is 0.496 e. The molecule has 0 spiro atoms. The highest BCUT2D eigenvalue weighted by atomic mass is 35.5. The summed E-state index contributed by atoms with van der Waals surface area (Å²) in [5, 5.41) is 0.569. The highest BCUT2D eigenvalue weighted by Crippen LogP contribution is 2.34. The molecular formula is C16H17ClN2O2. The van der Waals surface area contributed by atoms with Gasteiger partial charge in [0.05, 0.1) is 13.2 Å². The van der Waals surface area contributed by atoms with Crippen molar-refractivity contribution in [1.82, 2.24) is 4.57 Å². The molecule has 4 nitrogen and oxygen atoms in total. The van der Waals surface area contributed by atoms with Gasteiger partial charge in [-0.2, -0.15) is 0 Å². The normalized spacial score (nSPS) is 15.8. The summed E-state index contributed by atoms with van der Waals surface area (Å²) < 4.78 is 7.10. The summed E-state index contributed by atoms with van der Waals surface area (Å²) in [6, 6.07) is 8.66. The standard InChI is InChI=1S/C16H17ClN2O2/c1-21-14-7-4-10(17)9-13(14)15(18)12-3-2-8-19(16(12)20)11-5-6-11/h2-4,7-9,11,15H,5-6,18H2,1H3. The van der Waals surface area contributed by atoms with Crippen LogP contribution in [0.25, 0.3) is 0 Å². The first-order valence-corrected chi connectivity index (χ1v) is 7.29. The van der Waals surface area contributed by atoms with Crippen molar-refractivity contribution < 1.29 is 4.74 Å². The van der Waals surface area contributed by atoms with Gasteiger partial charge in [0.2, 0.25) is 0 Å². The van der Waals surface area contributed by atoms with E-state index in [1.807, 2.05) is 12.3 Å². The van der Waals surface area contributed by atoms with E-state index in [2.05, 4.69) is 0 Å². The molecule has 110 valence electrons. The molecule has 1 aliphatic rings. The summed E-state index contributed by atoms with van der Waals surface area (Å²) in [4.78, 5) is 12.6. The Labute approximate surface area is 128 Å². The quantitative estimate of drug-likeness (QED) is 0.945. The van der Waals surface area contributed by atoms with Crippen LogP contribution in [0.3, 0.4) is 0 Å². The summed E-state index contributed by atoms with van der Waals surface area (Å²) in [5.41, 5.74) is 7.55. The number of pyridine rings is 1. The van der Waals surface area contributed by atoms with Gasteiger partial charge in [0.15, 0.2) is 0 Å². The number of nitrogens with two attached hydrogens (primary N) is 1. The summed E-state index contributed by atoms with van der Waals surface area (Å²) in [6.07, 6.45) is 3.93. The van der Waals surface area contributed by atoms with Gasteiger partial charge in [0.1, 0.15) is 5.75 Å². The van der Waals surface area contributed by atoms with Gasteiger partial charge in [-0.3, -0.25) is 4.79 Å². The molecule has 2 N–H and O–H groups in total. The number of benzene rings is 1. The summed E-state index contributed by atoms with van der Waals surface area (Å²) in [7, 11) is 1.58. The lowest BCUT2D eigenvalue weighted by Gasteiger charge is -2.17. The minimum Gasteiger partial charge on any atom is -0.496 e. The number of methoxy groups -OCH3 is 1. The molecule has 1 heterocycles. The van der Waals surface area contributed by atoms with Crippen LogP contribution in [0.5, 0.6) is 5.75 Å². The maximum atomic E-state index is 12.6. The SMILES string of the molecule is COc1ccc(Cl)cc1C(N)c1cccn(C2CC2)c1=O. The maximum absolute atomic E-state index is 12.6. The van der Waals surface area contributed by atoms with Gasteiger partial charge < -0.3 is 15.0 Å².